The molecule has 1 aromatic carbocycles. The van der Waals surface area contributed by atoms with Crippen LogP contribution in [0.15, 0.2) is 18.2 Å². The molecule has 0 aliphatic heterocycles. The van der Waals surface area contributed by atoms with E-state index in [-0.39, 0.29) is 24.1 Å². The maximum atomic E-state index is 9.88. The Morgan fingerprint density at radius 1 is 1.37 bits per heavy atom. The molecule has 0 saturated heterocycles. The first-order valence-corrected chi connectivity index (χ1v) is 7.11. The van der Waals surface area contributed by atoms with Crippen LogP contribution >= 0.6 is 0 Å². The van der Waals surface area contributed by atoms with Crippen LogP contribution in [0.1, 0.15) is 50.8 Å². The van der Waals surface area contributed by atoms with Gasteiger partial charge in [-0.1, -0.05) is 32.9 Å². The van der Waals surface area contributed by atoms with Gasteiger partial charge in [0.15, 0.2) is 0 Å². The van der Waals surface area contributed by atoms with Gasteiger partial charge in [0.1, 0.15) is 5.75 Å². The maximum Gasteiger partial charge on any atom is 0.119 e. The summed E-state index contributed by atoms with van der Waals surface area (Å²) in [7, 11) is 0. The molecule has 0 amide bonds. The molecule has 1 aliphatic carbocycles. The van der Waals surface area contributed by atoms with Gasteiger partial charge in [-0.2, -0.15) is 0 Å². The van der Waals surface area contributed by atoms with Crippen molar-refractivity contribution in [1.29, 1.82) is 0 Å². The number of hydrogen-bond acceptors (Lipinski definition) is 3. The smallest absolute Gasteiger partial charge is 0.119 e. The minimum absolute atomic E-state index is 0.113. The van der Waals surface area contributed by atoms with Gasteiger partial charge in [0.05, 0.1) is 0 Å². The monoisotopic (exact) mass is 263 g/mol. The molecule has 0 heterocycles. The number of phenolic OH excluding ortho intramolecular Hbond substituents is 1. The van der Waals surface area contributed by atoms with E-state index >= 15 is 0 Å². The SMILES string of the molecule is CC(C)(C)C(CCO)NC1CCc2c(O)cccc21. The summed E-state index contributed by atoms with van der Waals surface area (Å²) >= 11 is 0. The van der Waals surface area contributed by atoms with Crippen LogP contribution < -0.4 is 5.32 Å². The van der Waals surface area contributed by atoms with E-state index < -0.39 is 0 Å². The molecule has 2 atom stereocenters. The van der Waals surface area contributed by atoms with Crippen molar-refractivity contribution in [3.05, 3.63) is 29.3 Å². The molecule has 0 spiro atoms. The number of nitrogens with one attached hydrogen (secondary N) is 1. The number of aromatic hydroxyl groups is 1. The molecule has 0 bridgehead atoms. The Morgan fingerprint density at radius 2 is 2.11 bits per heavy atom. The Balaban J connectivity index is 2.15. The summed E-state index contributed by atoms with van der Waals surface area (Å²) in [5, 5.41) is 22.8. The lowest BCUT2D eigenvalue weighted by Gasteiger charge is -2.34. The number of rotatable bonds is 4. The topological polar surface area (TPSA) is 52.5 Å². The lowest BCUT2D eigenvalue weighted by Crippen LogP contribution is -2.42. The van der Waals surface area contributed by atoms with Crippen molar-refractivity contribution in [2.75, 3.05) is 6.61 Å². The van der Waals surface area contributed by atoms with Gasteiger partial charge in [0.2, 0.25) is 0 Å². The molecule has 1 aromatic rings. The third kappa shape index (κ3) is 3.10. The molecule has 0 radical (unpaired) electrons. The normalized spacial score (nSPS) is 20.3. The fraction of sp³-hybridized carbons (Fsp3) is 0.625. The van der Waals surface area contributed by atoms with Crippen molar-refractivity contribution in [3.63, 3.8) is 0 Å². The number of fused-ring (bicyclic) bond motifs is 1. The van der Waals surface area contributed by atoms with Crippen molar-refractivity contribution < 1.29 is 10.2 Å². The molecular weight excluding hydrogens is 238 g/mol. The summed E-state index contributed by atoms with van der Waals surface area (Å²) in [6, 6.07) is 6.33. The zero-order valence-corrected chi connectivity index (χ0v) is 12.1. The minimum Gasteiger partial charge on any atom is -0.508 e. The number of phenols is 1. The number of benzene rings is 1. The van der Waals surface area contributed by atoms with E-state index in [0.29, 0.717) is 5.75 Å². The Morgan fingerprint density at radius 3 is 2.74 bits per heavy atom. The Hall–Kier alpha value is -1.06. The average Bonchev–Trinajstić information content (AvgIpc) is 2.72. The van der Waals surface area contributed by atoms with Crippen LogP contribution in [-0.2, 0) is 6.42 Å². The molecule has 3 nitrogen and oxygen atoms in total. The zero-order chi connectivity index (χ0) is 14.0. The summed E-state index contributed by atoms with van der Waals surface area (Å²) in [5.74, 6) is 0.413. The van der Waals surface area contributed by atoms with E-state index in [1.807, 2.05) is 6.07 Å². The van der Waals surface area contributed by atoms with Crippen LogP contribution in [0.2, 0.25) is 0 Å². The highest BCUT2D eigenvalue weighted by molar-refractivity contribution is 5.44. The first-order valence-electron chi connectivity index (χ1n) is 7.11. The van der Waals surface area contributed by atoms with Crippen molar-refractivity contribution in [3.8, 4) is 5.75 Å². The van der Waals surface area contributed by atoms with E-state index in [4.69, 9.17) is 0 Å². The van der Waals surface area contributed by atoms with Gasteiger partial charge in [0, 0.05) is 18.7 Å². The van der Waals surface area contributed by atoms with E-state index in [2.05, 4.69) is 32.2 Å². The fourth-order valence-electron chi connectivity index (χ4n) is 2.95. The quantitative estimate of drug-likeness (QED) is 0.783. The van der Waals surface area contributed by atoms with Crippen molar-refractivity contribution in [2.45, 2.75) is 52.1 Å². The van der Waals surface area contributed by atoms with Crippen LogP contribution in [0, 0.1) is 5.41 Å². The molecule has 0 saturated carbocycles. The predicted octanol–water partition coefficient (Wildman–Crippen LogP) is 2.77. The van der Waals surface area contributed by atoms with Crippen LogP contribution in [-0.4, -0.2) is 22.9 Å². The van der Waals surface area contributed by atoms with Gasteiger partial charge < -0.3 is 15.5 Å². The number of hydrogen-bond donors (Lipinski definition) is 3. The summed E-state index contributed by atoms with van der Waals surface area (Å²) in [5.41, 5.74) is 2.41. The van der Waals surface area contributed by atoms with Gasteiger partial charge >= 0.3 is 0 Å². The average molecular weight is 263 g/mol. The van der Waals surface area contributed by atoms with Crippen LogP contribution in [0.25, 0.3) is 0 Å². The standard InChI is InChI=1S/C16H25NO2/c1-16(2,3)15(9-10-18)17-13-8-7-12-11(13)5-4-6-14(12)19/h4-6,13,15,17-19H,7-10H2,1-3H3. The number of aliphatic hydroxyl groups excluding tert-OH is 1. The molecule has 0 aromatic heterocycles. The highest BCUT2D eigenvalue weighted by atomic mass is 16.3. The lowest BCUT2D eigenvalue weighted by molar-refractivity contribution is 0.185. The van der Waals surface area contributed by atoms with Crippen molar-refractivity contribution >= 4 is 0 Å². The minimum atomic E-state index is 0.113. The van der Waals surface area contributed by atoms with Gasteiger partial charge in [-0.05, 0) is 41.9 Å². The first-order chi connectivity index (χ1) is 8.93. The Bertz CT molecular complexity index is 437. The summed E-state index contributed by atoms with van der Waals surface area (Å²) in [6.45, 7) is 6.78. The van der Waals surface area contributed by atoms with Gasteiger partial charge in [-0.15, -0.1) is 0 Å². The van der Waals surface area contributed by atoms with Gasteiger partial charge in [-0.3, -0.25) is 0 Å². The Kier molecular flexibility index (Phi) is 4.16. The molecule has 3 heteroatoms. The Labute approximate surface area is 115 Å². The molecule has 0 fully saturated rings. The molecule has 106 valence electrons. The van der Waals surface area contributed by atoms with E-state index in [0.717, 1.165) is 24.8 Å². The molecule has 19 heavy (non-hydrogen) atoms. The van der Waals surface area contributed by atoms with Gasteiger partial charge in [0.25, 0.3) is 0 Å². The van der Waals surface area contributed by atoms with Crippen LogP contribution in [0.5, 0.6) is 5.75 Å². The lowest BCUT2D eigenvalue weighted by atomic mass is 9.84. The highest BCUT2D eigenvalue weighted by Crippen LogP contribution is 2.37. The molecule has 1 aliphatic rings. The second-order valence-corrected chi connectivity index (χ2v) is 6.53. The van der Waals surface area contributed by atoms with Crippen molar-refractivity contribution in [1.82, 2.24) is 5.32 Å². The van der Waals surface area contributed by atoms with E-state index in [1.165, 1.54) is 5.56 Å². The fourth-order valence-corrected chi connectivity index (χ4v) is 2.95. The molecule has 2 unspecified atom stereocenters. The molecular formula is C16H25NO2. The highest BCUT2D eigenvalue weighted by Gasteiger charge is 2.30. The third-order valence-corrected chi connectivity index (χ3v) is 4.11. The zero-order valence-electron chi connectivity index (χ0n) is 12.1. The number of aliphatic hydroxyl groups is 1. The predicted molar refractivity (Wildman–Crippen MR) is 77.3 cm³/mol. The second-order valence-electron chi connectivity index (χ2n) is 6.53. The summed E-state index contributed by atoms with van der Waals surface area (Å²) in [6.07, 6.45) is 2.70. The van der Waals surface area contributed by atoms with Crippen LogP contribution in [0.3, 0.4) is 0 Å². The van der Waals surface area contributed by atoms with Gasteiger partial charge in [-0.25, -0.2) is 0 Å². The van der Waals surface area contributed by atoms with E-state index in [1.54, 1.807) is 6.07 Å². The molecule has 3 N–H and O–H groups in total. The first kappa shape index (κ1) is 14.4. The second kappa shape index (κ2) is 5.51. The third-order valence-electron chi connectivity index (χ3n) is 4.11. The summed E-state index contributed by atoms with van der Waals surface area (Å²) in [4.78, 5) is 0. The largest absolute Gasteiger partial charge is 0.508 e. The maximum absolute atomic E-state index is 9.88. The van der Waals surface area contributed by atoms with E-state index in [9.17, 15) is 10.2 Å². The van der Waals surface area contributed by atoms with Crippen molar-refractivity contribution in [2.24, 2.45) is 5.41 Å². The van der Waals surface area contributed by atoms with Crippen LogP contribution in [0.4, 0.5) is 0 Å². The summed E-state index contributed by atoms with van der Waals surface area (Å²) < 4.78 is 0. The molecule has 2 rings (SSSR count).